The molecule has 1 heterocycles. The molecule has 0 unspecified atom stereocenters. The number of aromatic nitrogens is 2. The molecular formula is C12H17ClN2. The second-order valence-electron chi connectivity index (χ2n) is 4.62. The van der Waals surface area contributed by atoms with Gasteiger partial charge in [-0.05, 0) is 36.4 Å². The van der Waals surface area contributed by atoms with Gasteiger partial charge in [-0.1, -0.05) is 26.7 Å². The highest BCUT2D eigenvalue weighted by Crippen LogP contribution is 2.34. The van der Waals surface area contributed by atoms with E-state index >= 15 is 0 Å². The van der Waals surface area contributed by atoms with Gasteiger partial charge < -0.3 is 0 Å². The van der Waals surface area contributed by atoms with Crippen LogP contribution in [0.1, 0.15) is 62.8 Å². The SMILES string of the molecule is CC(C)c1cc(C2CCCC2)nc(Cl)n1. The minimum Gasteiger partial charge on any atom is -0.223 e. The van der Waals surface area contributed by atoms with Crippen molar-refractivity contribution >= 4 is 11.6 Å². The Morgan fingerprint density at radius 2 is 1.93 bits per heavy atom. The van der Waals surface area contributed by atoms with Gasteiger partial charge in [-0.15, -0.1) is 0 Å². The van der Waals surface area contributed by atoms with Gasteiger partial charge in [0.2, 0.25) is 5.28 Å². The molecule has 0 spiro atoms. The molecule has 1 aromatic rings. The van der Waals surface area contributed by atoms with Gasteiger partial charge in [0, 0.05) is 17.3 Å². The quantitative estimate of drug-likeness (QED) is 0.712. The third-order valence-electron chi connectivity index (χ3n) is 3.10. The van der Waals surface area contributed by atoms with Crippen molar-refractivity contribution in [1.29, 1.82) is 0 Å². The zero-order valence-corrected chi connectivity index (χ0v) is 10.1. The summed E-state index contributed by atoms with van der Waals surface area (Å²) in [4.78, 5) is 8.61. The second kappa shape index (κ2) is 4.48. The monoisotopic (exact) mass is 224 g/mol. The summed E-state index contributed by atoms with van der Waals surface area (Å²) in [5, 5.41) is 0.406. The highest BCUT2D eigenvalue weighted by atomic mass is 35.5. The van der Waals surface area contributed by atoms with Crippen molar-refractivity contribution in [3.63, 3.8) is 0 Å². The average molecular weight is 225 g/mol. The summed E-state index contributed by atoms with van der Waals surface area (Å²) in [5.41, 5.74) is 2.22. The molecule has 0 aliphatic heterocycles. The van der Waals surface area contributed by atoms with Crippen molar-refractivity contribution in [1.82, 2.24) is 9.97 Å². The summed E-state index contributed by atoms with van der Waals surface area (Å²) in [6, 6.07) is 2.13. The standard InChI is InChI=1S/C12H17ClN2/c1-8(2)10-7-11(15-12(13)14-10)9-5-3-4-6-9/h7-9H,3-6H2,1-2H3. The first-order valence-electron chi connectivity index (χ1n) is 5.71. The van der Waals surface area contributed by atoms with Crippen LogP contribution in [0.3, 0.4) is 0 Å². The lowest BCUT2D eigenvalue weighted by molar-refractivity contribution is 0.684. The van der Waals surface area contributed by atoms with E-state index in [1.54, 1.807) is 0 Å². The number of rotatable bonds is 2. The molecule has 1 fully saturated rings. The van der Waals surface area contributed by atoms with Gasteiger partial charge in [0.1, 0.15) is 0 Å². The zero-order chi connectivity index (χ0) is 10.8. The fourth-order valence-electron chi connectivity index (χ4n) is 2.18. The first kappa shape index (κ1) is 10.9. The molecule has 82 valence electrons. The molecule has 1 aliphatic carbocycles. The molecule has 1 aliphatic rings. The lowest BCUT2D eigenvalue weighted by Gasteiger charge is -2.11. The van der Waals surface area contributed by atoms with Crippen LogP contribution in [0.4, 0.5) is 0 Å². The maximum atomic E-state index is 5.95. The van der Waals surface area contributed by atoms with Gasteiger partial charge in [0.05, 0.1) is 0 Å². The molecule has 0 radical (unpaired) electrons. The topological polar surface area (TPSA) is 25.8 Å². The molecule has 0 aromatic carbocycles. The van der Waals surface area contributed by atoms with E-state index in [4.69, 9.17) is 11.6 Å². The summed E-state index contributed by atoms with van der Waals surface area (Å²) in [6.07, 6.45) is 5.16. The molecule has 2 rings (SSSR count). The van der Waals surface area contributed by atoms with Crippen LogP contribution in [-0.2, 0) is 0 Å². The fraction of sp³-hybridized carbons (Fsp3) is 0.667. The summed E-state index contributed by atoms with van der Waals surface area (Å²) < 4.78 is 0. The number of hydrogen-bond donors (Lipinski definition) is 0. The summed E-state index contributed by atoms with van der Waals surface area (Å²) in [7, 11) is 0. The highest BCUT2D eigenvalue weighted by molar-refractivity contribution is 6.28. The molecule has 1 saturated carbocycles. The predicted molar refractivity (Wildman–Crippen MR) is 62.3 cm³/mol. The van der Waals surface area contributed by atoms with E-state index in [1.807, 2.05) is 0 Å². The fourth-order valence-corrected chi connectivity index (χ4v) is 2.38. The van der Waals surface area contributed by atoms with E-state index in [0.29, 0.717) is 17.1 Å². The van der Waals surface area contributed by atoms with Gasteiger partial charge in [-0.25, -0.2) is 9.97 Å². The molecular weight excluding hydrogens is 208 g/mol. The maximum absolute atomic E-state index is 5.95. The van der Waals surface area contributed by atoms with Crippen molar-refractivity contribution in [2.45, 2.75) is 51.4 Å². The zero-order valence-electron chi connectivity index (χ0n) is 9.33. The molecule has 0 amide bonds. The Morgan fingerprint density at radius 3 is 2.53 bits per heavy atom. The van der Waals surface area contributed by atoms with E-state index in [0.717, 1.165) is 11.4 Å². The average Bonchev–Trinajstić information content (AvgIpc) is 2.69. The van der Waals surface area contributed by atoms with Gasteiger partial charge in [-0.3, -0.25) is 0 Å². The minimum absolute atomic E-state index is 0.406. The summed E-state index contributed by atoms with van der Waals surface area (Å²) in [5.74, 6) is 1.04. The van der Waals surface area contributed by atoms with Crippen LogP contribution < -0.4 is 0 Å². The Hall–Kier alpha value is -0.630. The second-order valence-corrected chi connectivity index (χ2v) is 4.96. The van der Waals surface area contributed by atoms with Gasteiger partial charge in [0.25, 0.3) is 0 Å². The third kappa shape index (κ3) is 2.49. The van der Waals surface area contributed by atoms with E-state index in [2.05, 4.69) is 29.9 Å². The first-order chi connectivity index (χ1) is 7.16. The minimum atomic E-state index is 0.406. The lowest BCUT2D eigenvalue weighted by atomic mass is 10.0. The Labute approximate surface area is 96.1 Å². The summed E-state index contributed by atoms with van der Waals surface area (Å²) in [6.45, 7) is 4.27. The Morgan fingerprint density at radius 1 is 1.27 bits per heavy atom. The van der Waals surface area contributed by atoms with E-state index < -0.39 is 0 Å². The summed E-state index contributed by atoms with van der Waals surface area (Å²) >= 11 is 5.95. The molecule has 15 heavy (non-hydrogen) atoms. The molecule has 0 atom stereocenters. The van der Waals surface area contributed by atoms with Crippen LogP contribution in [0.5, 0.6) is 0 Å². The van der Waals surface area contributed by atoms with Crippen LogP contribution in [0.25, 0.3) is 0 Å². The van der Waals surface area contributed by atoms with E-state index in [-0.39, 0.29) is 0 Å². The Kier molecular flexibility index (Phi) is 3.25. The van der Waals surface area contributed by atoms with E-state index in [1.165, 1.54) is 25.7 Å². The van der Waals surface area contributed by atoms with Gasteiger partial charge in [-0.2, -0.15) is 0 Å². The molecule has 0 N–H and O–H groups in total. The van der Waals surface area contributed by atoms with Crippen LogP contribution in [-0.4, -0.2) is 9.97 Å². The normalized spacial score (nSPS) is 17.6. The third-order valence-corrected chi connectivity index (χ3v) is 3.27. The molecule has 2 nitrogen and oxygen atoms in total. The first-order valence-corrected chi connectivity index (χ1v) is 6.09. The van der Waals surface area contributed by atoms with Crippen molar-refractivity contribution in [3.05, 3.63) is 22.7 Å². The van der Waals surface area contributed by atoms with Gasteiger partial charge in [0.15, 0.2) is 0 Å². The van der Waals surface area contributed by atoms with Crippen LogP contribution in [0.15, 0.2) is 6.07 Å². The smallest absolute Gasteiger partial charge is 0.222 e. The van der Waals surface area contributed by atoms with E-state index in [9.17, 15) is 0 Å². The van der Waals surface area contributed by atoms with Crippen molar-refractivity contribution in [2.24, 2.45) is 0 Å². The number of hydrogen-bond acceptors (Lipinski definition) is 2. The van der Waals surface area contributed by atoms with Crippen molar-refractivity contribution in [2.75, 3.05) is 0 Å². The number of nitrogens with zero attached hydrogens (tertiary/aromatic N) is 2. The molecule has 3 heteroatoms. The molecule has 1 aromatic heterocycles. The van der Waals surface area contributed by atoms with Gasteiger partial charge >= 0.3 is 0 Å². The largest absolute Gasteiger partial charge is 0.223 e. The number of halogens is 1. The van der Waals surface area contributed by atoms with Crippen molar-refractivity contribution < 1.29 is 0 Å². The Balaban J connectivity index is 2.30. The van der Waals surface area contributed by atoms with Crippen molar-refractivity contribution in [3.8, 4) is 0 Å². The Bertz CT molecular complexity index is 343. The highest BCUT2D eigenvalue weighted by Gasteiger charge is 2.20. The van der Waals surface area contributed by atoms with Crippen LogP contribution >= 0.6 is 11.6 Å². The molecule has 0 saturated heterocycles. The maximum Gasteiger partial charge on any atom is 0.222 e. The molecule has 0 bridgehead atoms. The van der Waals surface area contributed by atoms with Crippen LogP contribution in [0, 0.1) is 0 Å². The van der Waals surface area contributed by atoms with Crippen LogP contribution in [0.2, 0.25) is 5.28 Å². The predicted octanol–water partition coefficient (Wildman–Crippen LogP) is 3.91. The lowest BCUT2D eigenvalue weighted by Crippen LogP contribution is -2.02.